The maximum atomic E-state index is 11.1. The molecule has 2 aromatic rings. The Labute approximate surface area is 103 Å². The summed E-state index contributed by atoms with van der Waals surface area (Å²) in [6.45, 7) is 4.17. The number of aromatic nitrogens is 4. The molecule has 8 nitrogen and oxygen atoms in total. The maximum absolute atomic E-state index is 11.1. The van der Waals surface area contributed by atoms with E-state index in [0.29, 0.717) is 6.54 Å². The van der Waals surface area contributed by atoms with E-state index < -0.39 is 4.92 Å². The van der Waals surface area contributed by atoms with Gasteiger partial charge in [0.15, 0.2) is 0 Å². The van der Waals surface area contributed by atoms with Crippen molar-refractivity contribution in [3.8, 4) is 5.82 Å². The van der Waals surface area contributed by atoms with Crippen molar-refractivity contribution in [3.05, 3.63) is 34.4 Å². The van der Waals surface area contributed by atoms with Crippen LogP contribution in [0.4, 0.5) is 11.5 Å². The van der Waals surface area contributed by atoms with Crippen LogP contribution >= 0.6 is 0 Å². The summed E-state index contributed by atoms with van der Waals surface area (Å²) in [4.78, 5) is 18.4. The molecule has 0 radical (unpaired) electrons. The third kappa shape index (κ3) is 2.12. The Morgan fingerprint density at radius 3 is 2.83 bits per heavy atom. The number of nitrogens with one attached hydrogen (secondary N) is 1. The normalized spacial score (nSPS) is 10.3. The Morgan fingerprint density at radius 1 is 1.50 bits per heavy atom. The van der Waals surface area contributed by atoms with E-state index in [4.69, 9.17) is 0 Å². The molecule has 2 rings (SSSR count). The molecule has 0 aliphatic carbocycles. The lowest BCUT2D eigenvalue weighted by Crippen LogP contribution is -2.09. The molecule has 0 saturated carbocycles. The summed E-state index contributed by atoms with van der Waals surface area (Å²) in [6, 6.07) is 1.75. The summed E-state index contributed by atoms with van der Waals surface area (Å²) >= 11 is 0. The first-order chi connectivity index (χ1) is 8.63. The maximum Gasteiger partial charge on any atom is 0.355 e. The van der Waals surface area contributed by atoms with E-state index in [9.17, 15) is 10.1 Å². The van der Waals surface area contributed by atoms with Crippen molar-refractivity contribution in [2.75, 3.05) is 11.9 Å². The molecular weight excluding hydrogens is 236 g/mol. The number of aryl methyl sites for hydroxylation is 1. The fourth-order valence-corrected chi connectivity index (χ4v) is 1.54. The van der Waals surface area contributed by atoms with Crippen molar-refractivity contribution in [3.63, 3.8) is 0 Å². The minimum Gasteiger partial charge on any atom is -0.364 e. The molecule has 0 aromatic carbocycles. The van der Waals surface area contributed by atoms with Gasteiger partial charge in [-0.1, -0.05) is 0 Å². The fourth-order valence-electron chi connectivity index (χ4n) is 1.54. The molecule has 0 unspecified atom stereocenters. The summed E-state index contributed by atoms with van der Waals surface area (Å²) in [5.41, 5.74) is 0.579. The Bertz CT molecular complexity index is 579. The van der Waals surface area contributed by atoms with Crippen LogP contribution < -0.4 is 5.32 Å². The van der Waals surface area contributed by atoms with Gasteiger partial charge in [-0.15, -0.1) is 0 Å². The number of anilines is 1. The summed E-state index contributed by atoms with van der Waals surface area (Å²) in [6.07, 6.45) is 2.90. The van der Waals surface area contributed by atoms with E-state index in [-0.39, 0.29) is 17.3 Å². The van der Waals surface area contributed by atoms with Gasteiger partial charge in [-0.2, -0.15) is 5.10 Å². The minimum absolute atomic E-state index is 0.152. The summed E-state index contributed by atoms with van der Waals surface area (Å²) in [5.74, 6) is 0.347. The first-order valence-electron chi connectivity index (χ1n) is 5.39. The predicted molar refractivity (Wildman–Crippen MR) is 64.7 cm³/mol. The molecule has 0 saturated heterocycles. The summed E-state index contributed by atoms with van der Waals surface area (Å²) < 4.78 is 1.37. The number of hydrogen-bond acceptors (Lipinski definition) is 6. The molecule has 8 heteroatoms. The van der Waals surface area contributed by atoms with Gasteiger partial charge in [-0.05, 0) is 19.9 Å². The number of hydrogen-bond donors (Lipinski definition) is 1. The zero-order valence-corrected chi connectivity index (χ0v) is 9.99. The lowest BCUT2D eigenvalue weighted by atomic mass is 10.4. The Morgan fingerprint density at radius 2 is 2.28 bits per heavy atom. The van der Waals surface area contributed by atoms with Gasteiger partial charge in [-0.25, -0.2) is 14.6 Å². The van der Waals surface area contributed by atoms with Crippen LogP contribution in [0.3, 0.4) is 0 Å². The van der Waals surface area contributed by atoms with Crippen molar-refractivity contribution < 1.29 is 4.92 Å². The Hall–Kier alpha value is -2.51. The predicted octanol–water partition coefficient (Wildman–Crippen LogP) is 1.31. The van der Waals surface area contributed by atoms with E-state index >= 15 is 0 Å². The van der Waals surface area contributed by atoms with Crippen LogP contribution in [0.5, 0.6) is 0 Å². The second kappa shape index (κ2) is 4.78. The van der Waals surface area contributed by atoms with Crippen LogP contribution in [0.15, 0.2) is 18.6 Å². The third-order valence-corrected chi connectivity index (χ3v) is 2.27. The zero-order valence-electron chi connectivity index (χ0n) is 9.99. The molecule has 1 N–H and O–H groups in total. The van der Waals surface area contributed by atoms with Gasteiger partial charge in [0.25, 0.3) is 0 Å². The second-order valence-electron chi connectivity index (χ2n) is 3.58. The monoisotopic (exact) mass is 248 g/mol. The highest BCUT2D eigenvalue weighted by Gasteiger charge is 2.24. The van der Waals surface area contributed by atoms with Gasteiger partial charge < -0.3 is 5.32 Å². The van der Waals surface area contributed by atoms with Crippen LogP contribution in [0.2, 0.25) is 0 Å². The van der Waals surface area contributed by atoms with E-state index in [1.54, 1.807) is 19.2 Å². The average molecular weight is 248 g/mol. The lowest BCUT2D eigenvalue weighted by molar-refractivity contribution is -0.384. The Kier molecular flexibility index (Phi) is 3.18. The van der Waals surface area contributed by atoms with Crippen LogP contribution in [0.1, 0.15) is 12.6 Å². The molecule has 2 heterocycles. The molecule has 0 aliphatic rings. The quantitative estimate of drug-likeness (QED) is 0.647. The van der Waals surface area contributed by atoms with Crippen LogP contribution in [0, 0.1) is 17.0 Å². The second-order valence-corrected chi connectivity index (χ2v) is 3.58. The summed E-state index contributed by atoms with van der Waals surface area (Å²) in [7, 11) is 0. The molecule has 2 aromatic heterocycles. The van der Waals surface area contributed by atoms with Crippen molar-refractivity contribution >= 4 is 11.5 Å². The van der Waals surface area contributed by atoms with Crippen molar-refractivity contribution in [1.29, 1.82) is 0 Å². The molecule has 0 bridgehead atoms. The third-order valence-electron chi connectivity index (χ3n) is 2.27. The first-order valence-corrected chi connectivity index (χ1v) is 5.39. The molecule has 0 atom stereocenters. The van der Waals surface area contributed by atoms with Gasteiger partial charge in [0, 0.05) is 12.7 Å². The molecule has 0 spiro atoms. The molecule has 94 valence electrons. The zero-order chi connectivity index (χ0) is 13.1. The molecule has 18 heavy (non-hydrogen) atoms. The van der Waals surface area contributed by atoms with Crippen LogP contribution in [-0.4, -0.2) is 31.2 Å². The van der Waals surface area contributed by atoms with Gasteiger partial charge in [0.05, 0.1) is 10.6 Å². The van der Waals surface area contributed by atoms with E-state index in [1.807, 2.05) is 6.92 Å². The molecule has 0 aliphatic heterocycles. The Balaban J connectivity index is 2.59. The molecular formula is C10H12N6O2. The smallest absolute Gasteiger partial charge is 0.355 e. The fraction of sp³-hybridized carbons (Fsp3) is 0.300. The van der Waals surface area contributed by atoms with Crippen molar-refractivity contribution in [2.24, 2.45) is 0 Å². The van der Waals surface area contributed by atoms with Crippen molar-refractivity contribution in [1.82, 2.24) is 19.7 Å². The van der Waals surface area contributed by atoms with Crippen LogP contribution in [-0.2, 0) is 0 Å². The largest absolute Gasteiger partial charge is 0.364 e. The highest BCUT2D eigenvalue weighted by molar-refractivity contribution is 5.63. The average Bonchev–Trinajstić information content (AvgIpc) is 2.75. The number of nitrogens with zero attached hydrogens (tertiary/aromatic N) is 5. The van der Waals surface area contributed by atoms with Gasteiger partial charge in [0.1, 0.15) is 6.33 Å². The number of nitro groups is 1. The number of rotatable bonds is 4. The van der Waals surface area contributed by atoms with Gasteiger partial charge in [0.2, 0.25) is 11.6 Å². The standard InChI is InChI=1S/C10H12N6O2/c1-3-11-9-8(16(17)18)10(13-6-12-9)15-5-4-7(2)14-15/h4-6H,3H2,1-2H3,(H,11,12,13). The van der Waals surface area contributed by atoms with Crippen molar-refractivity contribution in [2.45, 2.75) is 13.8 Å². The van der Waals surface area contributed by atoms with Gasteiger partial charge in [-0.3, -0.25) is 10.1 Å². The van der Waals surface area contributed by atoms with E-state index in [0.717, 1.165) is 5.69 Å². The van der Waals surface area contributed by atoms with E-state index in [2.05, 4.69) is 20.4 Å². The van der Waals surface area contributed by atoms with Crippen LogP contribution in [0.25, 0.3) is 5.82 Å². The summed E-state index contributed by atoms with van der Waals surface area (Å²) in [5, 5.41) is 18.1. The van der Waals surface area contributed by atoms with Gasteiger partial charge >= 0.3 is 5.69 Å². The SMILES string of the molecule is CCNc1ncnc(-n2ccc(C)n2)c1[N+](=O)[O-]. The minimum atomic E-state index is -0.510. The molecule has 0 fully saturated rings. The topological polar surface area (TPSA) is 98.8 Å². The first kappa shape index (κ1) is 12.0. The highest BCUT2D eigenvalue weighted by Crippen LogP contribution is 2.26. The highest BCUT2D eigenvalue weighted by atomic mass is 16.6. The van der Waals surface area contributed by atoms with E-state index in [1.165, 1.54) is 11.0 Å². The molecule has 0 amide bonds. The lowest BCUT2D eigenvalue weighted by Gasteiger charge is -2.06.